The van der Waals surface area contributed by atoms with Crippen molar-refractivity contribution < 1.29 is 27.2 Å². The zero-order valence-electron chi connectivity index (χ0n) is 14.1. The number of hydrogen-bond acceptors (Lipinski definition) is 6. The first-order valence-corrected chi connectivity index (χ1v) is 8.40. The molecule has 11 heteroatoms. The van der Waals surface area contributed by atoms with E-state index in [0.29, 0.717) is 0 Å². The molecular formula is C15H15F3N5O2S+. The SMILES string of the molecule is Cc1cc(C(F)(F)F)nc(SCC(=O)Nc2c[n+](C(C)C)no2)c1C#N. The van der Waals surface area contributed by atoms with Crippen LogP contribution < -0.4 is 10.00 Å². The van der Waals surface area contributed by atoms with E-state index in [-0.39, 0.29) is 33.8 Å². The molecule has 0 bridgehead atoms. The number of carbonyl (C=O) groups is 1. The smallest absolute Gasteiger partial charge is 0.288 e. The highest BCUT2D eigenvalue weighted by Crippen LogP contribution is 2.32. The predicted octanol–water partition coefficient (Wildman–Crippen LogP) is 2.87. The molecule has 0 unspecified atom stereocenters. The molecule has 1 N–H and O–H groups in total. The molecule has 0 fully saturated rings. The quantitative estimate of drug-likeness (QED) is 0.627. The lowest BCUT2D eigenvalue weighted by atomic mass is 10.1. The molecule has 26 heavy (non-hydrogen) atoms. The number of rotatable bonds is 5. The van der Waals surface area contributed by atoms with Crippen molar-refractivity contribution in [3.63, 3.8) is 0 Å². The van der Waals surface area contributed by atoms with Crippen LogP contribution in [0, 0.1) is 18.3 Å². The second-order valence-corrected chi connectivity index (χ2v) is 6.56. The minimum Gasteiger partial charge on any atom is -0.288 e. The Morgan fingerprint density at radius 1 is 1.50 bits per heavy atom. The van der Waals surface area contributed by atoms with Gasteiger partial charge in [0.2, 0.25) is 11.2 Å². The third kappa shape index (κ3) is 4.72. The molecule has 2 heterocycles. The maximum atomic E-state index is 12.9. The lowest BCUT2D eigenvalue weighted by Crippen LogP contribution is -2.36. The molecule has 0 aliphatic heterocycles. The monoisotopic (exact) mass is 386 g/mol. The van der Waals surface area contributed by atoms with E-state index in [1.165, 1.54) is 17.8 Å². The number of aromatic nitrogens is 3. The Kier molecular flexibility index (Phi) is 5.86. The fraction of sp³-hybridized carbons (Fsp3) is 0.400. The van der Waals surface area contributed by atoms with Crippen molar-refractivity contribution in [2.24, 2.45) is 0 Å². The fourth-order valence-corrected chi connectivity index (χ4v) is 2.75. The summed E-state index contributed by atoms with van der Waals surface area (Å²) in [7, 11) is 0. The maximum Gasteiger partial charge on any atom is 0.433 e. The van der Waals surface area contributed by atoms with Crippen molar-refractivity contribution in [2.75, 3.05) is 11.1 Å². The third-order valence-electron chi connectivity index (χ3n) is 3.20. The van der Waals surface area contributed by atoms with E-state index < -0.39 is 17.8 Å². The molecular weight excluding hydrogens is 371 g/mol. The molecule has 0 atom stereocenters. The van der Waals surface area contributed by atoms with E-state index in [0.717, 1.165) is 17.8 Å². The first kappa shape index (κ1) is 19.7. The van der Waals surface area contributed by atoms with Crippen LogP contribution in [0.4, 0.5) is 19.1 Å². The summed E-state index contributed by atoms with van der Waals surface area (Å²) in [6.07, 6.45) is -3.15. The first-order chi connectivity index (χ1) is 12.1. The largest absolute Gasteiger partial charge is 0.433 e. The van der Waals surface area contributed by atoms with Gasteiger partial charge in [0.1, 0.15) is 16.8 Å². The number of thioether (sulfide) groups is 1. The fourth-order valence-electron chi connectivity index (χ4n) is 1.89. The van der Waals surface area contributed by atoms with Crippen LogP contribution in [0.25, 0.3) is 0 Å². The standard InChI is InChI=1S/C15H14F3N5O2S/c1-8(2)23-6-13(25-22-23)21-12(24)7-26-14-10(5-19)9(3)4-11(20-14)15(16,17)18/h4,6,8H,7H2,1-3H3/p+1. The highest BCUT2D eigenvalue weighted by molar-refractivity contribution is 8.00. The summed E-state index contributed by atoms with van der Waals surface area (Å²) in [6, 6.07) is 2.66. The van der Waals surface area contributed by atoms with E-state index >= 15 is 0 Å². The van der Waals surface area contributed by atoms with Crippen LogP contribution >= 0.6 is 11.8 Å². The van der Waals surface area contributed by atoms with Gasteiger partial charge < -0.3 is 0 Å². The van der Waals surface area contributed by atoms with Crippen molar-refractivity contribution in [2.45, 2.75) is 38.0 Å². The van der Waals surface area contributed by atoms with Gasteiger partial charge in [-0.3, -0.25) is 14.6 Å². The average Bonchev–Trinajstić information content (AvgIpc) is 3.00. The molecule has 0 spiro atoms. The van der Waals surface area contributed by atoms with Gasteiger partial charge in [-0.15, -0.1) is 0 Å². The van der Waals surface area contributed by atoms with Crippen LogP contribution in [0.3, 0.4) is 0 Å². The van der Waals surface area contributed by atoms with Crippen molar-refractivity contribution in [3.05, 3.63) is 29.1 Å². The van der Waals surface area contributed by atoms with Gasteiger partial charge in [0.05, 0.1) is 11.3 Å². The number of alkyl halides is 3. The summed E-state index contributed by atoms with van der Waals surface area (Å²) in [5, 5.41) is 15.1. The Bertz CT molecular complexity index is 858. The Morgan fingerprint density at radius 2 is 2.19 bits per heavy atom. The van der Waals surface area contributed by atoms with Gasteiger partial charge in [-0.1, -0.05) is 11.8 Å². The van der Waals surface area contributed by atoms with Crippen molar-refractivity contribution in [3.8, 4) is 6.07 Å². The Labute approximate surface area is 151 Å². The molecule has 2 aromatic heterocycles. The van der Waals surface area contributed by atoms with Gasteiger partial charge in [-0.2, -0.15) is 18.4 Å². The molecule has 0 aromatic carbocycles. The van der Waals surface area contributed by atoms with E-state index in [2.05, 4.69) is 15.6 Å². The van der Waals surface area contributed by atoms with Crippen LogP contribution in [0.1, 0.15) is 36.7 Å². The van der Waals surface area contributed by atoms with Gasteiger partial charge in [0.15, 0.2) is 6.04 Å². The maximum absolute atomic E-state index is 12.9. The normalized spacial score (nSPS) is 11.5. The lowest BCUT2D eigenvalue weighted by molar-refractivity contribution is -0.779. The van der Waals surface area contributed by atoms with Crippen molar-refractivity contribution >= 4 is 23.6 Å². The van der Waals surface area contributed by atoms with Crippen LogP contribution in [0.5, 0.6) is 0 Å². The summed E-state index contributed by atoms with van der Waals surface area (Å²) < 4.78 is 45.1. The molecule has 2 aromatic rings. The molecule has 0 saturated heterocycles. The highest BCUT2D eigenvalue weighted by atomic mass is 32.2. The van der Waals surface area contributed by atoms with Gasteiger partial charge in [-0.25, -0.2) is 4.98 Å². The van der Waals surface area contributed by atoms with Gasteiger partial charge in [0, 0.05) is 0 Å². The molecule has 0 saturated carbocycles. The number of nitrogens with zero attached hydrogens (tertiary/aromatic N) is 4. The molecule has 138 valence electrons. The van der Waals surface area contributed by atoms with E-state index in [9.17, 15) is 18.0 Å². The number of nitriles is 1. The number of carbonyl (C=O) groups excluding carboxylic acids is 1. The number of halogens is 3. The lowest BCUT2D eigenvalue weighted by Gasteiger charge is -2.11. The molecule has 0 radical (unpaired) electrons. The summed E-state index contributed by atoms with van der Waals surface area (Å²) in [4.78, 5) is 15.4. The number of anilines is 1. The zero-order valence-corrected chi connectivity index (χ0v) is 14.9. The first-order valence-electron chi connectivity index (χ1n) is 7.41. The second kappa shape index (κ2) is 7.74. The number of pyridine rings is 1. The van der Waals surface area contributed by atoms with Gasteiger partial charge in [-0.05, 0) is 37.1 Å². The molecule has 0 aliphatic carbocycles. The third-order valence-corrected chi connectivity index (χ3v) is 4.18. The van der Waals surface area contributed by atoms with Gasteiger partial charge >= 0.3 is 12.1 Å². The summed E-state index contributed by atoms with van der Waals surface area (Å²) in [5.41, 5.74) is -0.954. The van der Waals surface area contributed by atoms with Crippen LogP contribution in [-0.4, -0.2) is 21.9 Å². The van der Waals surface area contributed by atoms with Crippen LogP contribution in [-0.2, 0) is 11.0 Å². The number of aryl methyl sites for hydroxylation is 1. The summed E-state index contributed by atoms with van der Waals surface area (Å²) >= 11 is 0.742. The topological polar surface area (TPSA) is 95.7 Å². The second-order valence-electron chi connectivity index (χ2n) is 5.59. The molecule has 2 rings (SSSR count). The Balaban J connectivity index is 2.11. The summed E-state index contributed by atoms with van der Waals surface area (Å²) in [6.45, 7) is 5.13. The molecule has 1 amide bonds. The predicted molar refractivity (Wildman–Crippen MR) is 85.1 cm³/mol. The summed E-state index contributed by atoms with van der Waals surface area (Å²) in [5.74, 6) is -0.661. The molecule has 7 nitrogen and oxygen atoms in total. The number of nitrogens with one attached hydrogen (secondary N) is 1. The number of amides is 1. The Morgan fingerprint density at radius 3 is 2.73 bits per heavy atom. The molecule has 0 aliphatic rings. The zero-order chi connectivity index (χ0) is 19.5. The van der Waals surface area contributed by atoms with E-state index in [1.807, 2.05) is 19.9 Å². The van der Waals surface area contributed by atoms with Crippen LogP contribution in [0.2, 0.25) is 0 Å². The van der Waals surface area contributed by atoms with Crippen molar-refractivity contribution in [1.82, 2.24) is 10.3 Å². The van der Waals surface area contributed by atoms with Gasteiger partial charge in [0.25, 0.3) is 6.20 Å². The Hall–Kier alpha value is -2.61. The minimum atomic E-state index is -4.64. The number of hydrogen-bond donors (Lipinski definition) is 1. The van der Waals surface area contributed by atoms with Crippen LogP contribution in [0.15, 0.2) is 21.8 Å². The highest BCUT2D eigenvalue weighted by Gasteiger charge is 2.34. The van der Waals surface area contributed by atoms with E-state index in [4.69, 9.17) is 9.78 Å². The van der Waals surface area contributed by atoms with Crippen molar-refractivity contribution in [1.29, 1.82) is 5.26 Å². The van der Waals surface area contributed by atoms with E-state index in [1.54, 1.807) is 0 Å². The average molecular weight is 386 g/mol. The minimum absolute atomic E-state index is 0.00751.